The molecule has 0 saturated heterocycles. The van der Waals surface area contributed by atoms with Crippen molar-refractivity contribution in [3.05, 3.63) is 62.0 Å². The highest BCUT2D eigenvalue weighted by atomic mass is 79.9. The van der Waals surface area contributed by atoms with E-state index in [1.54, 1.807) is 31.3 Å². The molecule has 0 bridgehead atoms. The molecule has 29 heavy (non-hydrogen) atoms. The molecule has 0 aliphatic carbocycles. The minimum Gasteiger partial charge on any atom is -0.484 e. The molecule has 2 aromatic rings. The SMILES string of the molecule is CCC(C(=O)NC)N(Cc1ccc(Cl)cc1Cl)C(=O)COc1ccc(Br)c(C)c1. The third-order valence-corrected chi connectivity index (χ3v) is 5.96. The van der Waals surface area contributed by atoms with E-state index in [4.69, 9.17) is 27.9 Å². The van der Waals surface area contributed by atoms with Crippen LogP contribution in [-0.2, 0) is 16.1 Å². The molecule has 5 nitrogen and oxygen atoms in total. The smallest absolute Gasteiger partial charge is 0.261 e. The molecule has 8 heteroatoms. The molecule has 0 saturated carbocycles. The van der Waals surface area contributed by atoms with E-state index >= 15 is 0 Å². The number of hydrogen-bond acceptors (Lipinski definition) is 3. The van der Waals surface area contributed by atoms with Crippen molar-refractivity contribution in [1.29, 1.82) is 0 Å². The highest BCUT2D eigenvalue weighted by Gasteiger charge is 2.28. The molecule has 2 aromatic carbocycles. The summed E-state index contributed by atoms with van der Waals surface area (Å²) in [6.45, 7) is 3.76. The number of halogens is 3. The number of amides is 2. The van der Waals surface area contributed by atoms with Crippen LogP contribution in [0.3, 0.4) is 0 Å². The van der Waals surface area contributed by atoms with Crippen molar-refractivity contribution >= 4 is 50.9 Å². The van der Waals surface area contributed by atoms with E-state index in [1.807, 2.05) is 26.0 Å². The van der Waals surface area contributed by atoms with Gasteiger partial charge in [-0.1, -0.05) is 52.1 Å². The Kier molecular flexibility index (Phi) is 8.80. The number of hydrogen-bond donors (Lipinski definition) is 1. The van der Waals surface area contributed by atoms with Gasteiger partial charge in [0.1, 0.15) is 11.8 Å². The van der Waals surface area contributed by atoms with Gasteiger partial charge in [0.2, 0.25) is 5.91 Å². The zero-order chi connectivity index (χ0) is 21.6. The molecule has 156 valence electrons. The standard InChI is InChI=1S/C21H23BrCl2N2O3/c1-4-19(21(28)25-3)26(11-14-5-6-15(23)10-18(14)24)20(27)12-29-16-7-8-17(22)13(2)9-16/h5-10,19H,4,11-12H2,1-3H3,(H,25,28). The lowest BCUT2D eigenvalue weighted by Crippen LogP contribution is -2.49. The first kappa shape index (κ1) is 23.5. The van der Waals surface area contributed by atoms with E-state index in [-0.39, 0.29) is 25.0 Å². The van der Waals surface area contributed by atoms with Gasteiger partial charge < -0.3 is 15.0 Å². The van der Waals surface area contributed by atoms with Crippen LogP contribution in [0.1, 0.15) is 24.5 Å². The van der Waals surface area contributed by atoms with Crippen molar-refractivity contribution in [2.24, 2.45) is 0 Å². The molecule has 0 heterocycles. The number of benzene rings is 2. The van der Waals surface area contributed by atoms with Gasteiger partial charge in [0.15, 0.2) is 6.61 Å². The largest absolute Gasteiger partial charge is 0.484 e. The van der Waals surface area contributed by atoms with E-state index in [0.717, 1.165) is 10.0 Å². The van der Waals surface area contributed by atoms with Gasteiger partial charge in [-0.25, -0.2) is 0 Å². The number of nitrogens with one attached hydrogen (secondary N) is 1. The molecule has 0 aliphatic heterocycles. The predicted molar refractivity (Wildman–Crippen MR) is 120 cm³/mol. The molecule has 1 atom stereocenters. The molecule has 0 aliphatic rings. The molecule has 0 spiro atoms. The number of ether oxygens (including phenoxy) is 1. The van der Waals surface area contributed by atoms with Crippen molar-refractivity contribution in [3.8, 4) is 5.75 Å². The number of carbonyl (C=O) groups is 2. The summed E-state index contributed by atoms with van der Waals surface area (Å²) in [5.41, 5.74) is 1.70. The summed E-state index contributed by atoms with van der Waals surface area (Å²) in [7, 11) is 1.55. The van der Waals surface area contributed by atoms with E-state index in [1.165, 1.54) is 4.90 Å². The average molecular weight is 502 g/mol. The second-order valence-electron chi connectivity index (χ2n) is 6.50. The Balaban J connectivity index is 2.23. The lowest BCUT2D eigenvalue weighted by molar-refractivity contribution is -0.142. The number of likely N-dealkylation sites (N-methyl/N-ethyl adjacent to an activating group) is 1. The van der Waals surface area contributed by atoms with Crippen LogP contribution in [0, 0.1) is 6.92 Å². The summed E-state index contributed by atoms with van der Waals surface area (Å²) >= 11 is 15.7. The van der Waals surface area contributed by atoms with Crippen LogP contribution >= 0.6 is 39.1 Å². The van der Waals surface area contributed by atoms with Crippen molar-refractivity contribution in [3.63, 3.8) is 0 Å². The van der Waals surface area contributed by atoms with Gasteiger partial charge in [0.25, 0.3) is 5.91 Å². The third-order valence-electron chi connectivity index (χ3n) is 4.48. The number of nitrogens with zero attached hydrogens (tertiary/aromatic N) is 1. The normalized spacial score (nSPS) is 11.7. The van der Waals surface area contributed by atoms with Crippen LogP contribution in [-0.4, -0.2) is 36.4 Å². The van der Waals surface area contributed by atoms with Crippen LogP contribution in [0.4, 0.5) is 0 Å². The molecule has 2 amide bonds. The van der Waals surface area contributed by atoms with E-state index in [9.17, 15) is 9.59 Å². The third kappa shape index (κ3) is 6.36. The van der Waals surface area contributed by atoms with Gasteiger partial charge >= 0.3 is 0 Å². The number of rotatable bonds is 8. The fraction of sp³-hybridized carbons (Fsp3) is 0.333. The first-order valence-corrected chi connectivity index (χ1v) is 10.7. The number of carbonyl (C=O) groups excluding carboxylic acids is 2. The maximum atomic E-state index is 13.0. The van der Waals surface area contributed by atoms with Crippen molar-refractivity contribution < 1.29 is 14.3 Å². The average Bonchev–Trinajstić information content (AvgIpc) is 2.69. The minimum absolute atomic E-state index is 0.170. The Labute approximate surface area is 189 Å². The molecule has 0 aromatic heterocycles. The predicted octanol–water partition coefficient (Wildman–Crippen LogP) is 5.00. The Morgan fingerprint density at radius 2 is 1.93 bits per heavy atom. The van der Waals surface area contributed by atoms with Gasteiger partial charge in [-0.15, -0.1) is 0 Å². The minimum atomic E-state index is -0.644. The fourth-order valence-electron chi connectivity index (χ4n) is 2.85. The fourth-order valence-corrected chi connectivity index (χ4v) is 3.57. The van der Waals surface area contributed by atoms with Crippen molar-refractivity contribution in [2.75, 3.05) is 13.7 Å². The van der Waals surface area contributed by atoms with E-state index in [0.29, 0.717) is 27.8 Å². The second kappa shape index (κ2) is 10.9. The second-order valence-corrected chi connectivity index (χ2v) is 8.19. The Bertz CT molecular complexity index is 892. The van der Waals surface area contributed by atoms with Crippen LogP contribution in [0.25, 0.3) is 0 Å². The summed E-state index contributed by atoms with van der Waals surface area (Å²) in [4.78, 5) is 26.9. The lowest BCUT2D eigenvalue weighted by Gasteiger charge is -2.30. The first-order chi connectivity index (χ1) is 13.8. The van der Waals surface area contributed by atoms with Gasteiger partial charge in [-0.05, 0) is 54.8 Å². The molecule has 0 fully saturated rings. The summed E-state index contributed by atoms with van der Waals surface area (Å²) in [6, 6.07) is 9.90. The summed E-state index contributed by atoms with van der Waals surface area (Å²) in [5, 5.41) is 3.56. The Morgan fingerprint density at radius 1 is 1.21 bits per heavy atom. The van der Waals surface area contributed by atoms with Crippen LogP contribution in [0.2, 0.25) is 10.0 Å². The zero-order valence-electron chi connectivity index (χ0n) is 16.5. The van der Waals surface area contributed by atoms with Gasteiger partial charge in [0, 0.05) is 28.1 Å². The molecule has 0 radical (unpaired) electrons. The first-order valence-electron chi connectivity index (χ1n) is 9.10. The van der Waals surface area contributed by atoms with Crippen LogP contribution in [0.15, 0.2) is 40.9 Å². The number of aryl methyl sites for hydroxylation is 1. The van der Waals surface area contributed by atoms with Gasteiger partial charge in [-0.2, -0.15) is 0 Å². The summed E-state index contributed by atoms with van der Waals surface area (Å²) in [6.07, 6.45) is 0.452. The summed E-state index contributed by atoms with van der Waals surface area (Å²) < 4.78 is 6.64. The van der Waals surface area contributed by atoms with Gasteiger partial charge in [0.05, 0.1) is 0 Å². The Morgan fingerprint density at radius 3 is 2.52 bits per heavy atom. The maximum Gasteiger partial charge on any atom is 0.261 e. The van der Waals surface area contributed by atoms with Crippen molar-refractivity contribution in [1.82, 2.24) is 10.2 Å². The molecule has 1 unspecified atom stereocenters. The van der Waals surface area contributed by atoms with Crippen LogP contribution in [0.5, 0.6) is 5.75 Å². The Hall–Kier alpha value is -1.76. The quantitative estimate of drug-likeness (QED) is 0.553. The zero-order valence-corrected chi connectivity index (χ0v) is 19.6. The molecule has 1 N–H and O–H groups in total. The van der Waals surface area contributed by atoms with Crippen LogP contribution < -0.4 is 10.1 Å². The topological polar surface area (TPSA) is 58.6 Å². The highest BCUT2D eigenvalue weighted by Crippen LogP contribution is 2.24. The van der Waals surface area contributed by atoms with Crippen molar-refractivity contribution in [2.45, 2.75) is 32.9 Å². The molecule has 2 rings (SSSR count). The van der Waals surface area contributed by atoms with E-state index in [2.05, 4.69) is 21.2 Å². The molecular formula is C21H23BrCl2N2O3. The maximum absolute atomic E-state index is 13.0. The monoisotopic (exact) mass is 500 g/mol. The van der Waals surface area contributed by atoms with E-state index < -0.39 is 6.04 Å². The highest BCUT2D eigenvalue weighted by molar-refractivity contribution is 9.10. The van der Waals surface area contributed by atoms with Gasteiger partial charge in [-0.3, -0.25) is 9.59 Å². The lowest BCUT2D eigenvalue weighted by atomic mass is 10.1. The molecular weight excluding hydrogens is 479 g/mol. The summed E-state index contributed by atoms with van der Waals surface area (Å²) in [5.74, 6) is 0.0222.